The summed E-state index contributed by atoms with van der Waals surface area (Å²) in [6, 6.07) is 4.04. The van der Waals surface area contributed by atoms with Gasteiger partial charge in [0.15, 0.2) is 0 Å². The van der Waals surface area contributed by atoms with E-state index in [1.807, 2.05) is 12.1 Å². The maximum absolute atomic E-state index is 5.15. The molecular formula is C11H11BrN2OS. The second-order valence-electron chi connectivity index (χ2n) is 3.10. The number of aromatic nitrogens is 2. The van der Waals surface area contributed by atoms with Crippen LogP contribution in [0.15, 0.2) is 27.8 Å². The molecule has 0 fully saturated rings. The van der Waals surface area contributed by atoms with Gasteiger partial charge in [-0.25, -0.2) is 9.97 Å². The molecule has 0 radical (unpaired) electrons. The Balaban J connectivity index is 2.60. The summed E-state index contributed by atoms with van der Waals surface area (Å²) >= 11 is 5.19. The molecule has 0 unspecified atom stereocenters. The Labute approximate surface area is 107 Å². The topological polar surface area (TPSA) is 35.0 Å². The first-order valence-corrected chi connectivity index (χ1v) is 6.66. The predicted octanol–water partition coefficient (Wildman–Crippen LogP) is 3.51. The predicted molar refractivity (Wildman–Crippen MR) is 70.2 cm³/mol. The first-order valence-electron chi connectivity index (χ1n) is 4.88. The second kappa shape index (κ2) is 5.01. The standard InChI is InChI=1S/C11H11BrN2OS/c1-3-16-8-5-4-7-6-13-11(15-2)9(12)10(7)14-8/h4-6H,3H2,1-2H3. The first kappa shape index (κ1) is 11.7. The zero-order chi connectivity index (χ0) is 11.5. The van der Waals surface area contributed by atoms with Gasteiger partial charge in [0.05, 0.1) is 17.7 Å². The SMILES string of the molecule is CCSc1ccc2cnc(OC)c(Br)c2n1. The molecule has 2 heterocycles. The van der Waals surface area contributed by atoms with Gasteiger partial charge in [0.1, 0.15) is 4.47 Å². The second-order valence-corrected chi connectivity index (χ2v) is 5.18. The van der Waals surface area contributed by atoms with Gasteiger partial charge in [-0.3, -0.25) is 0 Å². The van der Waals surface area contributed by atoms with Gasteiger partial charge in [-0.05, 0) is 33.8 Å². The van der Waals surface area contributed by atoms with E-state index >= 15 is 0 Å². The number of rotatable bonds is 3. The molecule has 2 aromatic heterocycles. The van der Waals surface area contributed by atoms with Crippen LogP contribution in [0.2, 0.25) is 0 Å². The summed E-state index contributed by atoms with van der Waals surface area (Å²) in [5, 5.41) is 2.03. The lowest BCUT2D eigenvalue weighted by atomic mass is 10.3. The van der Waals surface area contributed by atoms with E-state index in [-0.39, 0.29) is 0 Å². The van der Waals surface area contributed by atoms with Crippen LogP contribution in [-0.4, -0.2) is 22.8 Å². The number of methoxy groups -OCH3 is 1. The third-order valence-electron chi connectivity index (χ3n) is 2.10. The Morgan fingerprint density at radius 1 is 1.44 bits per heavy atom. The fourth-order valence-electron chi connectivity index (χ4n) is 1.39. The molecule has 0 aliphatic heterocycles. The number of ether oxygens (including phenoxy) is 1. The molecule has 0 saturated carbocycles. The lowest BCUT2D eigenvalue weighted by molar-refractivity contribution is 0.396. The Morgan fingerprint density at radius 2 is 2.25 bits per heavy atom. The van der Waals surface area contributed by atoms with Crippen molar-refractivity contribution in [3.8, 4) is 5.88 Å². The van der Waals surface area contributed by atoms with Gasteiger partial charge >= 0.3 is 0 Å². The summed E-state index contributed by atoms with van der Waals surface area (Å²) in [4.78, 5) is 8.75. The van der Waals surface area contributed by atoms with E-state index < -0.39 is 0 Å². The van der Waals surface area contributed by atoms with Crippen LogP contribution in [0.1, 0.15) is 6.92 Å². The van der Waals surface area contributed by atoms with Gasteiger partial charge in [0, 0.05) is 11.6 Å². The van der Waals surface area contributed by atoms with E-state index in [0.29, 0.717) is 5.88 Å². The van der Waals surface area contributed by atoms with E-state index in [1.54, 1.807) is 25.1 Å². The van der Waals surface area contributed by atoms with Crippen molar-refractivity contribution in [1.29, 1.82) is 0 Å². The molecule has 84 valence electrons. The normalized spacial score (nSPS) is 10.7. The van der Waals surface area contributed by atoms with Crippen LogP contribution in [0, 0.1) is 0 Å². The minimum Gasteiger partial charge on any atom is -0.480 e. The van der Waals surface area contributed by atoms with Crippen LogP contribution in [-0.2, 0) is 0 Å². The smallest absolute Gasteiger partial charge is 0.229 e. The first-order chi connectivity index (χ1) is 7.76. The third kappa shape index (κ3) is 2.15. The number of nitrogens with zero attached hydrogens (tertiary/aromatic N) is 2. The number of hydrogen-bond donors (Lipinski definition) is 0. The zero-order valence-corrected chi connectivity index (χ0v) is 11.4. The van der Waals surface area contributed by atoms with E-state index in [4.69, 9.17) is 4.74 Å². The van der Waals surface area contributed by atoms with Crippen LogP contribution < -0.4 is 4.74 Å². The summed E-state index contributed by atoms with van der Waals surface area (Å²) in [5.41, 5.74) is 0.894. The highest BCUT2D eigenvalue weighted by Crippen LogP contribution is 2.30. The largest absolute Gasteiger partial charge is 0.480 e. The lowest BCUT2D eigenvalue weighted by Crippen LogP contribution is -1.92. The summed E-state index contributed by atoms with van der Waals surface area (Å²) in [6.45, 7) is 2.11. The number of hydrogen-bond acceptors (Lipinski definition) is 4. The zero-order valence-electron chi connectivity index (χ0n) is 9.03. The Morgan fingerprint density at radius 3 is 2.94 bits per heavy atom. The van der Waals surface area contributed by atoms with Crippen LogP contribution in [0.25, 0.3) is 10.9 Å². The van der Waals surface area contributed by atoms with Crippen LogP contribution in [0.4, 0.5) is 0 Å². The number of pyridine rings is 2. The summed E-state index contributed by atoms with van der Waals surface area (Å²) in [5.74, 6) is 1.58. The molecule has 3 nitrogen and oxygen atoms in total. The molecule has 0 aromatic carbocycles. The van der Waals surface area contributed by atoms with Crippen molar-refractivity contribution >= 4 is 38.6 Å². The summed E-state index contributed by atoms with van der Waals surface area (Å²) < 4.78 is 5.96. The number of thioether (sulfide) groups is 1. The van der Waals surface area contributed by atoms with Gasteiger partial charge in [0.2, 0.25) is 5.88 Å². The van der Waals surface area contributed by atoms with Crippen molar-refractivity contribution in [2.24, 2.45) is 0 Å². The highest BCUT2D eigenvalue weighted by Gasteiger charge is 2.08. The van der Waals surface area contributed by atoms with E-state index in [9.17, 15) is 0 Å². The van der Waals surface area contributed by atoms with E-state index in [2.05, 4.69) is 32.8 Å². The fourth-order valence-corrected chi connectivity index (χ4v) is 2.59. The van der Waals surface area contributed by atoms with Crippen molar-refractivity contribution in [1.82, 2.24) is 9.97 Å². The van der Waals surface area contributed by atoms with Crippen molar-refractivity contribution in [3.63, 3.8) is 0 Å². The van der Waals surface area contributed by atoms with Gasteiger partial charge in [-0.1, -0.05) is 6.92 Å². The molecular weight excluding hydrogens is 288 g/mol. The van der Waals surface area contributed by atoms with Crippen LogP contribution >= 0.6 is 27.7 Å². The number of fused-ring (bicyclic) bond motifs is 1. The van der Waals surface area contributed by atoms with Gasteiger partial charge < -0.3 is 4.74 Å². The molecule has 5 heteroatoms. The molecule has 0 spiro atoms. The van der Waals surface area contributed by atoms with Crippen LogP contribution in [0.3, 0.4) is 0 Å². The van der Waals surface area contributed by atoms with Crippen LogP contribution in [0.5, 0.6) is 5.88 Å². The fraction of sp³-hybridized carbons (Fsp3) is 0.273. The number of halogens is 1. The monoisotopic (exact) mass is 298 g/mol. The third-order valence-corrected chi connectivity index (χ3v) is 3.63. The molecule has 0 bridgehead atoms. The summed E-state index contributed by atoms with van der Waals surface area (Å²) in [6.07, 6.45) is 1.77. The molecule has 0 saturated heterocycles. The molecule has 0 aliphatic carbocycles. The van der Waals surface area contributed by atoms with Gasteiger partial charge in [-0.2, -0.15) is 0 Å². The van der Waals surface area contributed by atoms with E-state index in [1.165, 1.54) is 0 Å². The highest BCUT2D eigenvalue weighted by molar-refractivity contribution is 9.10. The minimum absolute atomic E-state index is 0.568. The molecule has 2 aromatic rings. The quantitative estimate of drug-likeness (QED) is 0.812. The van der Waals surface area contributed by atoms with Gasteiger partial charge in [0.25, 0.3) is 0 Å². The van der Waals surface area contributed by atoms with Crippen molar-refractivity contribution < 1.29 is 4.74 Å². The Hall–Kier alpha value is -0.810. The Kier molecular flexibility index (Phi) is 3.66. The molecule has 0 atom stereocenters. The molecule has 0 aliphatic rings. The maximum Gasteiger partial charge on any atom is 0.229 e. The average molecular weight is 299 g/mol. The summed E-state index contributed by atoms with van der Waals surface area (Å²) in [7, 11) is 1.60. The molecule has 0 N–H and O–H groups in total. The molecule has 2 rings (SSSR count). The minimum atomic E-state index is 0.568. The molecule has 0 amide bonds. The lowest BCUT2D eigenvalue weighted by Gasteiger charge is -2.06. The Bertz CT molecular complexity index is 519. The maximum atomic E-state index is 5.15. The van der Waals surface area contributed by atoms with Crippen molar-refractivity contribution in [2.75, 3.05) is 12.9 Å². The van der Waals surface area contributed by atoms with E-state index in [0.717, 1.165) is 26.2 Å². The van der Waals surface area contributed by atoms with Crippen molar-refractivity contribution in [2.45, 2.75) is 11.9 Å². The highest BCUT2D eigenvalue weighted by atomic mass is 79.9. The van der Waals surface area contributed by atoms with Crippen molar-refractivity contribution in [3.05, 3.63) is 22.8 Å². The van der Waals surface area contributed by atoms with Gasteiger partial charge in [-0.15, -0.1) is 11.8 Å². The molecule has 16 heavy (non-hydrogen) atoms. The average Bonchev–Trinajstić information content (AvgIpc) is 2.31.